The van der Waals surface area contributed by atoms with Crippen LogP contribution >= 0.6 is 11.3 Å². The molecule has 168 valence electrons. The summed E-state index contributed by atoms with van der Waals surface area (Å²) < 4.78 is 7.79. The number of anilines is 1. The van der Waals surface area contributed by atoms with E-state index in [0.717, 1.165) is 41.0 Å². The molecule has 1 amide bonds. The highest BCUT2D eigenvalue weighted by Crippen LogP contribution is 2.32. The third-order valence-electron chi connectivity index (χ3n) is 5.74. The van der Waals surface area contributed by atoms with Gasteiger partial charge in [0.15, 0.2) is 10.7 Å². The minimum absolute atomic E-state index is 0.0952. The number of carbonyl (C=O) groups excluding carboxylic acids is 1. The zero-order valence-corrected chi connectivity index (χ0v) is 19.7. The average molecular weight is 453 g/mol. The first-order valence-corrected chi connectivity index (χ1v) is 11.7. The first kappa shape index (κ1) is 22.2. The van der Waals surface area contributed by atoms with Gasteiger partial charge in [-0.1, -0.05) is 43.4 Å². The fourth-order valence-electron chi connectivity index (χ4n) is 3.97. The SMILES string of the molecule is CCN(CC)CCN(C(=O)Cn1c(=O)oc2ccccc21)c1nc2cc(C)cc(C)c2s1. The van der Waals surface area contributed by atoms with Gasteiger partial charge in [0, 0.05) is 13.1 Å². The van der Waals surface area contributed by atoms with Crippen molar-refractivity contribution < 1.29 is 9.21 Å². The highest BCUT2D eigenvalue weighted by molar-refractivity contribution is 7.22. The summed E-state index contributed by atoms with van der Waals surface area (Å²) in [5.41, 5.74) is 4.28. The molecule has 4 rings (SSSR count). The maximum absolute atomic E-state index is 13.5. The Morgan fingerprint density at radius 1 is 1.12 bits per heavy atom. The number of hydrogen-bond donors (Lipinski definition) is 0. The van der Waals surface area contributed by atoms with Crippen LogP contribution in [0.3, 0.4) is 0 Å². The number of rotatable bonds is 8. The molecule has 0 fully saturated rings. The molecule has 0 aliphatic heterocycles. The van der Waals surface area contributed by atoms with Crippen LogP contribution in [0.2, 0.25) is 0 Å². The van der Waals surface area contributed by atoms with E-state index in [2.05, 4.69) is 31.7 Å². The molecule has 0 radical (unpaired) electrons. The van der Waals surface area contributed by atoms with Gasteiger partial charge in [-0.2, -0.15) is 0 Å². The number of thiazole rings is 1. The standard InChI is InChI=1S/C24H28N4O3S/c1-5-26(6-2)11-12-27(23-25-18-14-16(3)13-17(4)22(18)32-23)21(29)15-28-19-9-7-8-10-20(19)31-24(28)30/h7-10,13-14H,5-6,11-12,15H2,1-4H3. The van der Waals surface area contributed by atoms with E-state index in [-0.39, 0.29) is 12.5 Å². The summed E-state index contributed by atoms with van der Waals surface area (Å²) in [7, 11) is 0. The molecule has 0 spiro atoms. The van der Waals surface area contributed by atoms with Crippen LogP contribution in [0.4, 0.5) is 5.13 Å². The van der Waals surface area contributed by atoms with Gasteiger partial charge in [0.2, 0.25) is 5.91 Å². The molecule has 32 heavy (non-hydrogen) atoms. The van der Waals surface area contributed by atoms with Gasteiger partial charge in [-0.3, -0.25) is 14.3 Å². The zero-order chi connectivity index (χ0) is 22.8. The predicted molar refractivity (Wildman–Crippen MR) is 130 cm³/mol. The fourth-order valence-corrected chi connectivity index (χ4v) is 5.03. The molecule has 2 aromatic heterocycles. The minimum atomic E-state index is -0.529. The zero-order valence-electron chi connectivity index (χ0n) is 18.9. The topological polar surface area (TPSA) is 71.6 Å². The molecular weight excluding hydrogens is 424 g/mol. The Bertz CT molecular complexity index is 1320. The van der Waals surface area contributed by atoms with Crippen molar-refractivity contribution in [1.82, 2.24) is 14.5 Å². The number of nitrogens with zero attached hydrogens (tertiary/aromatic N) is 4. The maximum Gasteiger partial charge on any atom is 0.420 e. The number of aromatic nitrogens is 2. The van der Waals surface area contributed by atoms with Crippen LogP contribution in [-0.4, -0.2) is 46.5 Å². The molecule has 7 nitrogen and oxygen atoms in total. The summed E-state index contributed by atoms with van der Waals surface area (Å²) >= 11 is 1.52. The number of para-hydroxylation sites is 2. The lowest BCUT2D eigenvalue weighted by Crippen LogP contribution is -2.41. The van der Waals surface area contributed by atoms with E-state index in [4.69, 9.17) is 9.40 Å². The summed E-state index contributed by atoms with van der Waals surface area (Å²) in [5, 5.41) is 0.659. The molecule has 0 aliphatic carbocycles. The highest BCUT2D eigenvalue weighted by Gasteiger charge is 2.23. The molecule has 0 unspecified atom stereocenters. The highest BCUT2D eigenvalue weighted by atomic mass is 32.1. The average Bonchev–Trinajstić information content (AvgIpc) is 3.32. The summed E-state index contributed by atoms with van der Waals surface area (Å²) in [6.07, 6.45) is 0. The number of aryl methyl sites for hydroxylation is 2. The largest absolute Gasteiger partial charge is 0.420 e. The van der Waals surface area contributed by atoms with Crippen molar-refractivity contribution in [2.75, 3.05) is 31.1 Å². The second kappa shape index (κ2) is 9.26. The van der Waals surface area contributed by atoms with Crippen LogP contribution in [0.5, 0.6) is 0 Å². The second-order valence-electron chi connectivity index (χ2n) is 7.92. The van der Waals surface area contributed by atoms with E-state index in [1.807, 2.05) is 19.1 Å². The maximum atomic E-state index is 13.5. The quantitative estimate of drug-likeness (QED) is 0.401. The van der Waals surface area contributed by atoms with Crippen LogP contribution in [-0.2, 0) is 11.3 Å². The van der Waals surface area contributed by atoms with E-state index >= 15 is 0 Å². The third kappa shape index (κ3) is 4.33. The van der Waals surface area contributed by atoms with E-state index < -0.39 is 5.76 Å². The number of benzene rings is 2. The molecular formula is C24H28N4O3S. The first-order valence-electron chi connectivity index (χ1n) is 10.9. The van der Waals surface area contributed by atoms with Crippen molar-refractivity contribution in [3.8, 4) is 0 Å². The molecule has 4 aromatic rings. The van der Waals surface area contributed by atoms with Crippen LogP contribution in [0, 0.1) is 13.8 Å². The summed E-state index contributed by atoms with van der Waals surface area (Å²) in [5.74, 6) is -0.710. The Labute approximate surface area is 190 Å². The first-order chi connectivity index (χ1) is 15.4. The van der Waals surface area contributed by atoms with Gasteiger partial charge in [-0.25, -0.2) is 9.78 Å². The Kier molecular flexibility index (Phi) is 6.43. The molecule has 2 heterocycles. The number of carbonyl (C=O) groups is 1. The van der Waals surface area contributed by atoms with Crippen molar-refractivity contribution in [1.29, 1.82) is 0 Å². The number of hydrogen-bond acceptors (Lipinski definition) is 6. The van der Waals surface area contributed by atoms with E-state index in [9.17, 15) is 9.59 Å². The van der Waals surface area contributed by atoms with E-state index in [0.29, 0.717) is 22.8 Å². The molecule has 0 atom stereocenters. The van der Waals surface area contributed by atoms with Crippen LogP contribution in [0.15, 0.2) is 45.6 Å². The molecule has 0 N–H and O–H groups in total. The van der Waals surface area contributed by atoms with Crippen molar-refractivity contribution in [3.63, 3.8) is 0 Å². The Morgan fingerprint density at radius 3 is 2.62 bits per heavy atom. The molecule has 8 heteroatoms. The number of oxazole rings is 1. The van der Waals surface area contributed by atoms with Crippen molar-refractivity contribution in [2.45, 2.75) is 34.2 Å². The predicted octanol–water partition coefficient (Wildman–Crippen LogP) is 4.20. The van der Waals surface area contributed by atoms with Crippen molar-refractivity contribution >= 4 is 43.7 Å². The minimum Gasteiger partial charge on any atom is -0.408 e. The van der Waals surface area contributed by atoms with Crippen LogP contribution in [0.25, 0.3) is 21.3 Å². The second-order valence-corrected chi connectivity index (χ2v) is 8.90. The fraction of sp³-hybridized carbons (Fsp3) is 0.375. The normalized spacial score (nSPS) is 11.7. The lowest BCUT2D eigenvalue weighted by atomic mass is 10.1. The summed E-state index contributed by atoms with van der Waals surface area (Å²) in [6, 6.07) is 11.3. The summed E-state index contributed by atoms with van der Waals surface area (Å²) in [4.78, 5) is 34.7. The lowest BCUT2D eigenvalue weighted by molar-refractivity contribution is -0.119. The molecule has 0 saturated heterocycles. The van der Waals surface area contributed by atoms with Crippen LogP contribution in [0.1, 0.15) is 25.0 Å². The monoisotopic (exact) mass is 452 g/mol. The van der Waals surface area contributed by atoms with Gasteiger partial charge in [0.25, 0.3) is 0 Å². The van der Waals surface area contributed by atoms with Gasteiger partial charge < -0.3 is 9.32 Å². The Morgan fingerprint density at radius 2 is 1.88 bits per heavy atom. The van der Waals surface area contributed by atoms with Crippen molar-refractivity contribution in [3.05, 3.63) is 58.1 Å². The number of fused-ring (bicyclic) bond motifs is 2. The van der Waals surface area contributed by atoms with Gasteiger partial charge in [0.05, 0.1) is 15.7 Å². The van der Waals surface area contributed by atoms with Gasteiger partial charge in [-0.15, -0.1) is 0 Å². The van der Waals surface area contributed by atoms with Crippen LogP contribution < -0.4 is 10.7 Å². The molecule has 0 bridgehead atoms. The molecule has 0 aliphatic rings. The number of amides is 1. The van der Waals surface area contributed by atoms with E-state index in [1.54, 1.807) is 23.1 Å². The van der Waals surface area contributed by atoms with Gasteiger partial charge >= 0.3 is 5.76 Å². The van der Waals surface area contributed by atoms with Gasteiger partial charge in [0.1, 0.15) is 6.54 Å². The molecule has 0 saturated carbocycles. The van der Waals surface area contributed by atoms with Gasteiger partial charge in [-0.05, 0) is 56.3 Å². The lowest BCUT2D eigenvalue weighted by Gasteiger charge is -2.24. The Hall–Kier alpha value is -2.97. The smallest absolute Gasteiger partial charge is 0.408 e. The summed E-state index contributed by atoms with van der Waals surface area (Å²) in [6.45, 7) is 11.3. The van der Waals surface area contributed by atoms with E-state index in [1.165, 1.54) is 15.9 Å². The van der Waals surface area contributed by atoms with Crippen molar-refractivity contribution in [2.24, 2.45) is 0 Å². The third-order valence-corrected chi connectivity index (χ3v) is 6.97. The Balaban J connectivity index is 1.70. The molecule has 2 aromatic carbocycles. The number of likely N-dealkylation sites (N-methyl/N-ethyl adjacent to an activating group) is 1.